The molecule has 0 bridgehead atoms. The molecule has 0 unspecified atom stereocenters. The molecule has 2 aliphatic rings. The first kappa shape index (κ1) is 15.5. The fourth-order valence-electron chi connectivity index (χ4n) is 3.40. The second kappa shape index (κ2) is 7.26. The standard InChI is InChI=1S/C16H24N2O4/c1-20-6-4-17-16(19)8-14-7-12-9-18(11-15(12)22-14)10-13-3-2-5-21-13/h2-3,5,12,14-15H,4,6-11H2,1H3,(H,17,19)/t12-,14-,15+/m0/s1. The van der Waals surface area contributed by atoms with Crippen molar-refractivity contribution in [3.63, 3.8) is 0 Å². The Bertz CT molecular complexity index is 463. The molecule has 0 saturated carbocycles. The van der Waals surface area contributed by atoms with Gasteiger partial charge in [-0.2, -0.15) is 0 Å². The van der Waals surface area contributed by atoms with Gasteiger partial charge in [-0.1, -0.05) is 0 Å². The van der Waals surface area contributed by atoms with Crippen LogP contribution in [0.3, 0.4) is 0 Å². The molecule has 1 N–H and O–H groups in total. The van der Waals surface area contributed by atoms with Crippen molar-refractivity contribution in [2.45, 2.75) is 31.6 Å². The molecule has 3 atom stereocenters. The number of rotatable bonds is 7. The number of likely N-dealkylation sites (tertiary alicyclic amines) is 1. The number of nitrogens with zero attached hydrogens (tertiary/aromatic N) is 1. The monoisotopic (exact) mass is 308 g/mol. The summed E-state index contributed by atoms with van der Waals surface area (Å²) < 4.78 is 16.4. The van der Waals surface area contributed by atoms with Crippen LogP contribution in [-0.2, 0) is 20.8 Å². The number of carbonyl (C=O) groups is 1. The Morgan fingerprint density at radius 3 is 3.14 bits per heavy atom. The molecule has 3 rings (SSSR count). The number of methoxy groups -OCH3 is 1. The van der Waals surface area contributed by atoms with Gasteiger partial charge < -0.3 is 19.2 Å². The Balaban J connectivity index is 1.39. The minimum absolute atomic E-state index is 0.0504. The van der Waals surface area contributed by atoms with Crippen LogP contribution < -0.4 is 5.32 Å². The second-order valence-electron chi connectivity index (χ2n) is 6.11. The summed E-state index contributed by atoms with van der Waals surface area (Å²) in [6, 6.07) is 3.92. The number of hydrogen-bond donors (Lipinski definition) is 1. The van der Waals surface area contributed by atoms with Crippen LogP contribution in [0, 0.1) is 5.92 Å². The normalized spacial score (nSPS) is 28.0. The highest BCUT2D eigenvalue weighted by molar-refractivity contribution is 5.76. The smallest absolute Gasteiger partial charge is 0.222 e. The van der Waals surface area contributed by atoms with E-state index >= 15 is 0 Å². The molecular formula is C16H24N2O4. The first-order valence-corrected chi connectivity index (χ1v) is 7.90. The lowest BCUT2D eigenvalue weighted by Crippen LogP contribution is -2.31. The van der Waals surface area contributed by atoms with Gasteiger partial charge in [-0.05, 0) is 18.6 Å². The lowest BCUT2D eigenvalue weighted by molar-refractivity contribution is -0.124. The van der Waals surface area contributed by atoms with E-state index in [1.165, 1.54) is 0 Å². The first-order valence-electron chi connectivity index (χ1n) is 7.90. The summed E-state index contributed by atoms with van der Waals surface area (Å²) >= 11 is 0. The van der Waals surface area contributed by atoms with E-state index in [0.717, 1.165) is 31.8 Å². The van der Waals surface area contributed by atoms with Gasteiger partial charge in [0, 0.05) is 32.7 Å². The van der Waals surface area contributed by atoms with Gasteiger partial charge in [0.05, 0.1) is 38.0 Å². The van der Waals surface area contributed by atoms with Crippen molar-refractivity contribution in [2.75, 3.05) is 33.4 Å². The van der Waals surface area contributed by atoms with Gasteiger partial charge in [0.1, 0.15) is 5.76 Å². The third-order valence-electron chi connectivity index (χ3n) is 4.39. The van der Waals surface area contributed by atoms with Crippen molar-refractivity contribution in [1.82, 2.24) is 10.2 Å². The molecule has 1 amide bonds. The van der Waals surface area contributed by atoms with Crippen LogP contribution in [0.25, 0.3) is 0 Å². The van der Waals surface area contributed by atoms with Gasteiger partial charge in [-0.25, -0.2) is 0 Å². The molecule has 6 nitrogen and oxygen atoms in total. The number of ether oxygens (including phenoxy) is 2. The zero-order valence-corrected chi connectivity index (χ0v) is 13.0. The molecule has 6 heteroatoms. The molecule has 2 aliphatic heterocycles. The summed E-state index contributed by atoms with van der Waals surface area (Å²) in [5.74, 6) is 1.58. The third kappa shape index (κ3) is 3.88. The molecule has 1 aromatic rings. The molecule has 0 spiro atoms. The molecule has 2 fully saturated rings. The lowest BCUT2D eigenvalue weighted by Gasteiger charge is -2.18. The fourth-order valence-corrected chi connectivity index (χ4v) is 3.40. The zero-order valence-electron chi connectivity index (χ0n) is 13.0. The predicted molar refractivity (Wildman–Crippen MR) is 80.3 cm³/mol. The van der Waals surface area contributed by atoms with E-state index in [-0.39, 0.29) is 18.1 Å². The second-order valence-corrected chi connectivity index (χ2v) is 6.11. The number of amides is 1. The summed E-state index contributed by atoms with van der Waals surface area (Å²) in [6.45, 7) is 3.89. The van der Waals surface area contributed by atoms with Crippen LogP contribution >= 0.6 is 0 Å². The quantitative estimate of drug-likeness (QED) is 0.762. The van der Waals surface area contributed by atoms with Gasteiger partial charge in [0.15, 0.2) is 0 Å². The van der Waals surface area contributed by atoms with Crippen molar-refractivity contribution in [2.24, 2.45) is 5.92 Å². The highest BCUT2D eigenvalue weighted by Gasteiger charge is 2.42. The van der Waals surface area contributed by atoms with Gasteiger partial charge in [0.2, 0.25) is 5.91 Å². The van der Waals surface area contributed by atoms with Crippen molar-refractivity contribution in [3.8, 4) is 0 Å². The molecule has 3 heterocycles. The zero-order chi connectivity index (χ0) is 15.4. The molecule has 0 aliphatic carbocycles. The van der Waals surface area contributed by atoms with Gasteiger partial charge in [-0.3, -0.25) is 9.69 Å². The SMILES string of the molecule is COCCNC(=O)C[C@@H]1C[C@H]2CN(Cc3ccco3)C[C@H]2O1. The summed E-state index contributed by atoms with van der Waals surface area (Å²) in [4.78, 5) is 14.2. The number of nitrogens with one attached hydrogen (secondary N) is 1. The maximum absolute atomic E-state index is 11.8. The first-order chi connectivity index (χ1) is 10.7. The highest BCUT2D eigenvalue weighted by Crippen LogP contribution is 2.34. The molecule has 122 valence electrons. The van der Waals surface area contributed by atoms with Crippen LogP contribution in [0.2, 0.25) is 0 Å². The van der Waals surface area contributed by atoms with Crippen LogP contribution in [0.15, 0.2) is 22.8 Å². The Labute approximate surface area is 130 Å². The molecule has 1 aromatic heterocycles. The summed E-state index contributed by atoms with van der Waals surface area (Å²) in [5.41, 5.74) is 0. The Morgan fingerprint density at radius 2 is 2.41 bits per heavy atom. The largest absolute Gasteiger partial charge is 0.468 e. The fraction of sp³-hybridized carbons (Fsp3) is 0.688. The van der Waals surface area contributed by atoms with Crippen molar-refractivity contribution >= 4 is 5.91 Å². The van der Waals surface area contributed by atoms with E-state index in [2.05, 4.69) is 10.2 Å². The van der Waals surface area contributed by atoms with Gasteiger partial charge in [-0.15, -0.1) is 0 Å². The van der Waals surface area contributed by atoms with E-state index in [1.54, 1.807) is 13.4 Å². The molecule has 22 heavy (non-hydrogen) atoms. The average molecular weight is 308 g/mol. The molecule has 2 saturated heterocycles. The third-order valence-corrected chi connectivity index (χ3v) is 4.39. The Morgan fingerprint density at radius 1 is 1.50 bits per heavy atom. The predicted octanol–water partition coefficient (Wildman–Crippen LogP) is 1.02. The average Bonchev–Trinajstić information content (AvgIpc) is 3.16. The molecule has 0 radical (unpaired) electrons. The van der Waals surface area contributed by atoms with Crippen molar-refractivity contribution in [1.29, 1.82) is 0 Å². The van der Waals surface area contributed by atoms with E-state index in [4.69, 9.17) is 13.9 Å². The summed E-state index contributed by atoms with van der Waals surface area (Å²) in [6.07, 6.45) is 3.45. The summed E-state index contributed by atoms with van der Waals surface area (Å²) in [5, 5.41) is 2.85. The van der Waals surface area contributed by atoms with Crippen LogP contribution in [0.5, 0.6) is 0 Å². The molecule has 0 aromatic carbocycles. The van der Waals surface area contributed by atoms with E-state index in [0.29, 0.717) is 25.5 Å². The van der Waals surface area contributed by atoms with Crippen LogP contribution in [-0.4, -0.2) is 56.4 Å². The van der Waals surface area contributed by atoms with Crippen molar-refractivity contribution < 1.29 is 18.7 Å². The number of carbonyl (C=O) groups excluding carboxylic acids is 1. The molecular weight excluding hydrogens is 284 g/mol. The number of hydrogen-bond acceptors (Lipinski definition) is 5. The van der Waals surface area contributed by atoms with E-state index in [1.807, 2.05) is 12.1 Å². The minimum Gasteiger partial charge on any atom is -0.468 e. The maximum atomic E-state index is 11.8. The lowest BCUT2D eigenvalue weighted by atomic mass is 10.0. The van der Waals surface area contributed by atoms with Gasteiger partial charge >= 0.3 is 0 Å². The van der Waals surface area contributed by atoms with E-state index in [9.17, 15) is 4.79 Å². The Kier molecular flexibility index (Phi) is 5.12. The number of furan rings is 1. The maximum Gasteiger partial charge on any atom is 0.222 e. The minimum atomic E-state index is 0.0504. The highest BCUT2D eigenvalue weighted by atomic mass is 16.5. The van der Waals surface area contributed by atoms with Crippen LogP contribution in [0.4, 0.5) is 0 Å². The summed E-state index contributed by atoms with van der Waals surface area (Å²) in [7, 11) is 1.63. The van der Waals surface area contributed by atoms with Crippen LogP contribution in [0.1, 0.15) is 18.6 Å². The van der Waals surface area contributed by atoms with Crippen molar-refractivity contribution in [3.05, 3.63) is 24.2 Å². The topological polar surface area (TPSA) is 63.9 Å². The number of fused-ring (bicyclic) bond motifs is 1. The van der Waals surface area contributed by atoms with Gasteiger partial charge in [0.25, 0.3) is 0 Å². The Hall–Kier alpha value is -1.37. The van der Waals surface area contributed by atoms with E-state index < -0.39 is 0 Å².